The van der Waals surface area contributed by atoms with E-state index in [1.54, 1.807) is 25.2 Å². The van der Waals surface area contributed by atoms with Crippen molar-refractivity contribution in [3.05, 3.63) is 29.8 Å². The normalized spacial score (nSPS) is 17.8. The fourth-order valence-electron chi connectivity index (χ4n) is 2.49. The van der Waals surface area contributed by atoms with Crippen molar-refractivity contribution in [2.75, 3.05) is 33.4 Å². The number of guanidine groups is 1. The summed E-state index contributed by atoms with van der Waals surface area (Å²) < 4.78 is 40.4. The van der Waals surface area contributed by atoms with E-state index in [1.807, 2.05) is 0 Å². The van der Waals surface area contributed by atoms with E-state index in [0.29, 0.717) is 37.8 Å². The molecule has 1 atom stereocenters. The van der Waals surface area contributed by atoms with Crippen LogP contribution in [0.4, 0.5) is 8.78 Å². The summed E-state index contributed by atoms with van der Waals surface area (Å²) in [7, 11) is 1.64. The van der Waals surface area contributed by atoms with Crippen molar-refractivity contribution in [2.45, 2.75) is 32.1 Å². The Morgan fingerprint density at radius 2 is 2.20 bits per heavy atom. The lowest BCUT2D eigenvalue weighted by Gasteiger charge is -2.15. The lowest BCUT2D eigenvalue weighted by atomic mass is 10.2. The van der Waals surface area contributed by atoms with Gasteiger partial charge in [-0.1, -0.05) is 18.2 Å². The Kier molecular flexibility index (Phi) is 8.41. The van der Waals surface area contributed by atoms with E-state index in [9.17, 15) is 8.78 Å². The molecule has 1 unspecified atom stereocenters. The highest BCUT2D eigenvalue weighted by Crippen LogP contribution is 2.19. The number of benzene rings is 1. The van der Waals surface area contributed by atoms with E-state index in [-0.39, 0.29) is 11.9 Å². The molecule has 140 valence electrons. The lowest BCUT2D eigenvalue weighted by molar-refractivity contribution is -0.0504. The van der Waals surface area contributed by atoms with E-state index in [4.69, 9.17) is 9.47 Å². The van der Waals surface area contributed by atoms with Gasteiger partial charge < -0.3 is 24.8 Å². The predicted molar refractivity (Wildman–Crippen MR) is 91.1 cm³/mol. The average molecular weight is 357 g/mol. The van der Waals surface area contributed by atoms with Crippen molar-refractivity contribution in [1.29, 1.82) is 0 Å². The second-order valence-corrected chi connectivity index (χ2v) is 5.55. The van der Waals surface area contributed by atoms with Crippen LogP contribution in [0.3, 0.4) is 0 Å². The highest BCUT2D eigenvalue weighted by Gasteiger charge is 2.15. The average Bonchev–Trinajstić information content (AvgIpc) is 3.11. The molecule has 1 fully saturated rings. The van der Waals surface area contributed by atoms with E-state index in [2.05, 4.69) is 20.4 Å². The Labute approximate surface area is 146 Å². The number of nitrogens with zero attached hydrogens (tertiary/aromatic N) is 1. The zero-order chi connectivity index (χ0) is 17.9. The maximum atomic E-state index is 12.4. The molecule has 0 aliphatic carbocycles. The van der Waals surface area contributed by atoms with Gasteiger partial charge in [0.05, 0.1) is 19.3 Å². The molecule has 0 bridgehead atoms. The van der Waals surface area contributed by atoms with Gasteiger partial charge in [0.1, 0.15) is 5.75 Å². The van der Waals surface area contributed by atoms with Crippen LogP contribution in [0.15, 0.2) is 29.3 Å². The van der Waals surface area contributed by atoms with Gasteiger partial charge in [-0.25, -0.2) is 0 Å². The van der Waals surface area contributed by atoms with Crippen LogP contribution in [0, 0.1) is 0 Å². The summed E-state index contributed by atoms with van der Waals surface area (Å²) in [6.07, 6.45) is 2.36. The number of alkyl halides is 2. The highest BCUT2D eigenvalue weighted by molar-refractivity contribution is 5.79. The van der Waals surface area contributed by atoms with Crippen molar-refractivity contribution in [3.63, 3.8) is 0 Å². The number of para-hydroxylation sites is 1. The summed E-state index contributed by atoms with van der Waals surface area (Å²) >= 11 is 0. The van der Waals surface area contributed by atoms with Gasteiger partial charge in [-0.2, -0.15) is 8.78 Å². The number of rotatable bonds is 9. The Morgan fingerprint density at radius 1 is 1.36 bits per heavy atom. The van der Waals surface area contributed by atoms with E-state index < -0.39 is 6.61 Å². The minimum absolute atomic E-state index is 0.153. The van der Waals surface area contributed by atoms with Gasteiger partial charge >= 0.3 is 6.61 Å². The zero-order valence-electron chi connectivity index (χ0n) is 14.3. The van der Waals surface area contributed by atoms with Crippen LogP contribution in [-0.4, -0.2) is 52.1 Å². The third kappa shape index (κ3) is 7.23. The van der Waals surface area contributed by atoms with Gasteiger partial charge in [0.2, 0.25) is 0 Å². The second-order valence-electron chi connectivity index (χ2n) is 5.55. The highest BCUT2D eigenvalue weighted by atomic mass is 19.3. The molecule has 1 aromatic rings. The molecule has 1 aliphatic heterocycles. The molecule has 6 nitrogen and oxygen atoms in total. The molecule has 0 aromatic heterocycles. The van der Waals surface area contributed by atoms with Gasteiger partial charge in [-0.3, -0.25) is 4.99 Å². The molecule has 25 heavy (non-hydrogen) atoms. The maximum absolute atomic E-state index is 12.4. The summed E-state index contributed by atoms with van der Waals surface area (Å²) in [6, 6.07) is 6.66. The molecule has 1 heterocycles. The number of aliphatic imine (C=N–C) groups is 1. The van der Waals surface area contributed by atoms with Crippen molar-refractivity contribution in [2.24, 2.45) is 4.99 Å². The Balaban J connectivity index is 1.68. The lowest BCUT2D eigenvalue weighted by Crippen LogP contribution is -2.38. The quantitative estimate of drug-likeness (QED) is 0.403. The van der Waals surface area contributed by atoms with Crippen LogP contribution in [0.5, 0.6) is 5.75 Å². The predicted octanol–water partition coefficient (Wildman–Crippen LogP) is 2.15. The number of ether oxygens (including phenoxy) is 3. The van der Waals surface area contributed by atoms with E-state index in [0.717, 1.165) is 19.4 Å². The largest absolute Gasteiger partial charge is 0.434 e. The van der Waals surface area contributed by atoms with Crippen LogP contribution < -0.4 is 15.4 Å². The summed E-state index contributed by atoms with van der Waals surface area (Å²) in [6.45, 7) is 0.0117. The number of hydrogen-bond donors (Lipinski definition) is 2. The SMILES string of the molecule is CN=C(NCCOCC1CCCO1)NCc1ccccc1OC(F)F. The van der Waals surface area contributed by atoms with Gasteiger partial charge in [0, 0.05) is 32.3 Å². The fourth-order valence-corrected chi connectivity index (χ4v) is 2.49. The summed E-state index contributed by atoms with van der Waals surface area (Å²) in [5.74, 6) is 0.716. The monoisotopic (exact) mass is 357 g/mol. The summed E-state index contributed by atoms with van der Waals surface area (Å²) in [5, 5.41) is 6.17. The maximum Gasteiger partial charge on any atom is 0.387 e. The first kappa shape index (κ1) is 19.4. The molecule has 8 heteroatoms. The van der Waals surface area contributed by atoms with Gasteiger partial charge in [-0.15, -0.1) is 0 Å². The Hall–Kier alpha value is -1.93. The molecule has 1 aromatic carbocycles. The third-order valence-corrected chi connectivity index (χ3v) is 3.73. The first-order valence-electron chi connectivity index (χ1n) is 8.35. The smallest absolute Gasteiger partial charge is 0.387 e. The van der Waals surface area contributed by atoms with E-state index >= 15 is 0 Å². The molecule has 0 spiro atoms. The first-order valence-corrected chi connectivity index (χ1v) is 8.35. The summed E-state index contributed by atoms with van der Waals surface area (Å²) in [5.41, 5.74) is 0.625. The van der Waals surface area contributed by atoms with Crippen LogP contribution in [0.25, 0.3) is 0 Å². The molecular formula is C17H25F2N3O3. The fraction of sp³-hybridized carbons (Fsp3) is 0.588. The molecular weight excluding hydrogens is 332 g/mol. The standard InChI is InChI=1S/C17H25F2N3O3/c1-20-17(21-8-10-23-12-14-6-4-9-24-14)22-11-13-5-2-3-7-15(13)25-16(18)19/h2-3,5,7,14,16H,4,6,8-12H2,1H3,(H2,20,21,22). The van der Waals surface area contributed by atoms with Crippen LogP contribution in [-0.2, 0) is 16.0 Å². The molecule has 2 N–H and O–H groups in total. The molecule has 0 amide bonds. The van der Waals surface area contributed by atoms with Crippen molar-refractivity contribution in [3.8, 4) is 5.75 Å². The molecule has 2 rings (SSSR count). The Bertz CT molecular complexity index is 538. The zero-order valence-corrected chi connectivity index (χ0v) is 14.3. The molecule has 0 saturated carbocycles. The van der Waals surface area contributed by atoms with Gasteiger partial charge in [0.25, 0.3) is 0 Å². The topological polar surface area (TPSA) is 64.1 Å². The van der Waals surface area contributed by atoms with Crippen molar-refractivity contribution in [1.82, 2.24) is 10.6 Å². The van der Waals surface area contributed by atoms with Crippen molar-refractivity contribution < 1.29 is 23.0 Å². The summed E-state index contributed by atoms with van der Waals surface area (Å²) in [4.78, 5) is 4.09. The first-order chi connectivity index (χ1) is 12.2. The minimum atomic E-state index is -2.85. The van der Waals surface area contributed by atoms with E-state index in [1.165, 1.54) is 6.07 Å². The van der Waals surface area contributed by atoms with Gasteiger partial charge in [0.15, 0.2) is 5.96 Å². The van der Waals surface area contributed by atoms with Crippen LogP contribution >= 0.6 is 0 Å². The second kappa shape index (κ2) is 10.8. The number of hydrogen-bond acceptors (Lipinski definition) is 4. The molecule has 1 saturated heterocycles. The number of nitrogens with one attached hydrogen (secondary N) is 2. The molecule has 0 radical (unpaired) electrons. The number of halogens is 2. The Morgan fingerprint density at radius 3 is 2.92 bits per heavy atom. The third-order valence-electron chi connectivity index (χ3n) is 3.73. The van der Waals surface area contributed by atoms with Crippen LogP contribution in [0.2, 0.25) is 0 Å². The molecule has 1 aliphatic rings. The minimum Gasteiger partial charge on any atom is -0.434 e. The van der Waals surface area contributed by atoms with Crippen LogP contribution in [0.1, 0.15) is 18.4 Å². The van der Waals surface area contributed by atoms with Crippen molar-refractivity contribution >= 4 is 5.96 Å². The van der Waals surface area contributed by atoms with Gasteiger partial charge in [-0.05, 0) is 18.9 Å².